The molecule has 14 heavy (non-hydrogen) atoms. The summed E-state index contributed by atoms with van der Waals surface area (Å²) in [6.45, 7) is 10.3. The molecule has 1 N–H and O–H groups in total. The van der Waals surface area contributed by atoms with Crippen molar-refractivity contribution < 1.29 is 5.11 Å². The Bertz CT molecular complexity index is 197. The van der Waals surface area contributed by atoms with Gasteiger partial charge < -0.3 is 5.11 Å². The summed E-state index contributed by atoms with van der Waals surface area (Å²) < 4.78 is 0. The van der Waals surface area contributed by atoms with Gasteiger partial charge in [-0.05, 0) is 44.9 Å². The van der Waals surface area contributed by atoms with Crippen LogP contribution in [0.3, 0.4) is 0 Å². The molecule has 82 valence electrons. The summed E-state index contributed by atoms with van der Waals surface area (Å²) in [6.07, 6.45) is 7.46. The van der Waals surface area contributed by atoms with E-state index in [0.29, 0.717) is 0 Å². The summed E-state index contributed by atoms with van der Waals surface area (Å²) in [5.74, 6) is 0.815. The lowest BCUT2D eigenvalue weighted by atomic mass is 9.61. The minimum Gasteiger partial charge on any atom is -0.389 e. The van der Waals surface area contributed by atoms with E-state index < -0.39 is 5.60 Å². The second kappa shape index (κ2) is 4.06. The zero-order valence-corrected chi connectivity index (χ0v) is 9.84. The molecular formula is C13H24O. The Morgan fingerprint density at radius 2 is 2.00 bits per heavy atom. The van der Waals surface area contributed by atoms with E-state index in [1.165, 1.54) is 12.8 Å². The molecule has 0 aromatic carbocycles. The molecule has 0 aromatic heterocycles. The molecule has 1 aliphatic carbocycles. The predicted octanol–water partition coefficient (Wildman–Crippen LogP) is 3.53. The average molecular weight is 196 g/mol. The topological polar surface area (TPSA) is 20.2 Å². The highest BCUT2D eigenvalue weighted by atomic mass is 16.3. The van der Waals surface area contributed by atoms with Crippen LogP contribution in [0.5, 0.6) is 0 Å². The van der Waals surface area contributed by atoms with E-state index in [0.717, 1.165) is 25.2 Å². The van der Waals surface area contributed by atoms with Crippen LogP contribution in [0.15, 0.2) is 12.7 Å². The van der Waals surface area contributed by atoms with E-state index in [1.807, 2.05) is 13.0 Å². The van der Waals surface area contributed by atoms with Crippen LogP contribution in [0.25, 0.3) is 0 Å². The highest BCUT2D eigenvalue weighted by Gasteiger charge is 2.44. The van der Waals surface area contributed by atoms with E-state index in [9.17, 15) is 5.11 Å². The third kappa shape index (κ3) is 1.88. The highest BCUT2D eigenvalue weighted by molar-refractivity contribution is 5.07. The van der Waals surface area contributed by atoms with Gasteiger partial charge in [0.25, 0.3) is 0 Å². The Hall–Kier alpha value is -0.300. The Kier molecular flexibility index (Phi) is 3.41. The van der Waals surface area contributed by atoms with Crippen LogP contribution in [0.1, 0.15) is 52.9 Å². The Balaban J connectivity index is 2.82. The molecule has 1 nitrogen and oxygen atoms in total. The van der Waals surface area contributed by atoms with Gasteiger partial charge in [0.15, 0.2) is 0 Å². The molecule has 0 aliphatic heterocycles. The molecule has 1 atom stereocenters. The van der Waals surface area contributed by atoms with Gasteiger partial charge in [0.1, 0.15) is 0 Å². The molecule has 0 aromatic rings. The van der Waals surface area contributed by atoms with Gasteiger partial charge in [-0.2, -0.15) is 0 Å². The molecule has 0 heterocycles. The van der Waals surface area contributed by atoms with Gasteiger partial charge in [-0.3, -0.25) is 0 Å². The SMILES string of the molecule is C=CC1(C(C)(O)CC)CCC(C)CC1. The summed E-state index contributed by atoms with van der Waals surface area (Å²) in [6, 6.07) is 0. The molecule has 0 spiro atoms. The number of aliphatic hydroxyl groups is 1. The lowest BCUT2D eigenvalue weighted by Crippen LogP contribution is -2.46. The highest BCUT2D eigenvalue weighted by Crippen LogP contribution is 2.48. The van der Waals surface area contributed by atoms with Gasteiger partial charge in [0.2, 0.25) is 0 Å². The van der Waals surface area contributed by atoms with Gasteiger partial charge in [-0.25, -0.2) is 0 Å². The quantitative estimate of drug-likeness (QED) is 0.685. The van der Waals surface area contributed by atoms with Crippen LogP contribution in [0.4, 0.5) is 0 Å². The molecule has 1 fully saturated rings. The van der Waals surface area contributed by atoms with Crippen molar-refractivity contribution in [1.82, 2.24) is 0 Å². The first-order valence-electron chi connectivity index (χ1n) is 5.83. The van der Waals surface area contributed by atoms with E-state index in [2.05, 4.69) is 20.4 Å². The van der Waals surface area contributed by atoms with Crippen molar-refractivity contribution in [3.63, 3.8) is 0 Å². The zero-order valence-electron chi connectivity index (χ0n) is 9.84. The minimum absolute atomic E-state index is 0.0335. The first-order valence-corrected chi connectivity index (χ1v) is 5.83. The maximum Gasteiger partial charge on any atom is 0.0707 e. The molecule has 0 saturated heterocycles. The Labute approximate surface area is 88.2 Å². The molecule has 1 unspecified atom stereocenters. The lowest BCUT2D eigenvalue weighted by Gasteiger charge is -2.47. The molecule has 0 bridgehead atoms. The smallest absolute Gasteiger partial charge is 0.0707 e. The number of hydrogen-bond acceptors (Lipinski definition) is 1. The van der Waals surface area contributed by atoms with Gasteiger partial charge in [-0.1, -0.05) is 19.9 Å². The van der Waals surface area contributed by atoms with Crippen molar-refractivity contribution in [2.75, 3.05) is 0 Å². The molecular weight excluding hydrogens is 172 g/mol. The van der Waals surface area contributed by atoms with E-state index in [1.54, 1.807) is 0 Å². The summed E-state index contributed by atoms with van der Waals surface area (Å²) in [5.41, 5.74) is -0.608. The minimum atomic E-state index is -0.575. The fourth-order valence-corrected chi connectivity index (χ4v) is 2.59. The molecule has 0 amide bonds. The van der Waals surface area contributed by atoms with Crippen molar-refractivity contribution in [2.24, 2.45) is 11.3 Å². The van der Waals surface area contributed by atoms with Crippen LogP contribution in [-0.4, -0.2) is 10.7 Å². The molecule has 1 aliphatic rings. The second-order valence-corrected chi connectivity index (χ2v) is 5.17. The van der Waals surface area contributed by atoms with Crippen LogP contribution in [0, 0.1) is 11.3 Å². The number of hydrogen-bond donors (Lipinski definition) is 1. The monoisotopic (exact) mass is 196 g/mol. The van der Waals surface area contributed by atoms with E-state index >= 15 is 0 Å². The zero-order chi connectivity index (χ0) is 10.8. The van der Waals surface area contributed by atoms with Gasteiger partial charge in [-0.15, -0.1) is 6.58 Å². The average Bonchev–Trinajstić information content (AvgIpc) is 2.19. The van der Waals surface area contributed by atoms with Gasteiger partial charge in [0.05, 0.1) is 5.60 Å². The Morgan fingerprint density at radius 3 is 2.36 bits per heavy atom. The molecule has 0 radical (unpaired) electrons. The third-order valence-corrected chi connectivity index (χ3v) is 4.32. The fourth-order valence-electron chi connectivity index (χ4n) is 2.59. The first-order chi connectivity index (χ1) is 6.47. The Morgan fingerprint density at radius 1 is 1.50 bits per heavy atom. The molecule has 1 saturated carbocycles. The van der Waals surface area contributed by atoms with Crippen molar-refractivity contribution in [3.8, 4) is 0 Å². The van der Waals surface area contributed by atoms with Gasteiger partial charge >= 0.3 is 0 Å². The molecule has 1 heteroatoms. The summed E-state index contributed by atoms with van der Waals surface area (Å²) in [5, 5.41) is 10.4. The summed E-state index contributed by atoms with van der Waals surface area (Å²) in [7, 11) is 0. The van der Waals surface area contributed by atoms with Crippen LogP contribution in [0.2, 0.25) is 0 Å². The van der Waals surface area contributed by atoms with Crippen LogP contribution >= 0.6 is 0 Å². The predicted molar refractivity (Wildman–Crippen MR) is 61.2 cm³/mol. The van der Waals surface area contributed by atoms with Crippen molar-refractivity contribution in [2.45, 2.75) is 58.5 Å². The maximum absolute atomic E-state index is 10.4. The normalized spacial score (nSPS) is 37.6. The first kappa shape index (κ1) is 11.8. The van der Waals surface area contributed by atoms with Crippen LogP contribution < -0.4 is 0 Å². The van der Waals surface area contributed by atoms with E-state index in [-0.39, 0.29) is 5.41 Å². The summed E-state index contributed by atoms with van der Waals surface area (Å²) >= 11 is 0. The van der Waals surface area contributed by atoms with Gasteiger partial charge in [0, 0.05) is 5.41 Å². The second-order valence-electron chi connectivity index (χ2n) is 5.17. The standard InChI is InChI=1S/C13H24O/c1-5-12(4,14)13(6-2)9-7-11(3)8-10-13/h6,11,14H,2,5,7-10H2,1,3-4H3. The maximum atomic E-state index is 10.4. The lowest BCUT2D eigenvalue weighted by molar-refractivity contribution is -0.0696. The van der Waals surface area contributed by atoms with Crippen molar-refractivity contribution in [1.29, 1.82) is 0 Å². The summed E-state index contributed by atoms with van der Waals surface area (Å²) in [4.78, 5) is 0. The van der Waals surface area contributed by atoms with E-state index in [4.69, 9.17) is 0 Å². The van der Waals surface area contributed by atoms with Crippen molar-refractivity contribution in [3.05, 3.63) is 12.7 Å². The van der Waals surface area contributed by atoms with Crippen LogP contribution in [-0.2, 0) is 0 Å². The fraction of sp³-hybridized carbons (Fsp3) is 0.846. The number of rotatable bonds is 3. The third-order valence-electron chi connectivity index (χ3n) is 4.32. The van der Waals surface area contributed by atoms with Crippen molar-refractivity contribution >= 4 is 0 Å². The molecule has 1 rings (SSSR count). The largest absolute Gasteiger partial charge is 0.389 e.